The van der Waals surface area contributed by atoms with Crippen LogP contribution in [0.2, 0.25) is 0 Å². The summed E-state index contributed by atoms with van der Waals surface area (Å²) in [6.07, 6.45) is 8.83. The van der Waals surface area contributed by atoms with Crippen LogP contribution in [0.5, 0.6) is 0 Å². The molecule has 2 N–H and O–H groups in total. The summed E-state index contributed by atoms with van der Waals surface area (Å²) in [7, 11) is 0. The number of aromatic nitrogens is 4. The van der Waals surface area contributed by atoms with E-state index in [0.717, 1.165) is 24.3 Å². The van der Waals surface area contributed by atoms with Crippen molar-refractivity contribution in [2.45, 2.75) is 18.9 Å². The number of hydrogen-bond acceptors (Lipinski definition) is 5. The van der Waals surface area contributed by atoms with Crippen molar-refractivity contribution >= 4 is 11.5 Å². The van der Waals surface area contributed by atoms with Gasteiger partial charge in [0.15, 0.2) is 5.65 Å². The first-order valence-electron chi connectivity index (χ1n) is 6.92. The third-order valence-electron chi connectivity index (χ3n) is 3.36. The van der Waals surface area contributed by atoms with Crippen LogP contribution in [0.3, 0.4) is 0 Å². The minimum Gasteiger partial charge on any atom is -0.394 e. The summed E-state index contributed by atoms with van der Waals surface area (Å²) in [6.45, 7) is 0.0667. The second-order valence-electron chi connectivity index (χ2n) is 4.86. The molecule has 108 valence electrons. The van der Waals surface area contributed by atoms with Gasteiger partial charge in [-0.1, -0.05) is 0 Å². The number of aliphatic hydroxyl groups is 1. The van der Waals surface area contributed by atoms with E-state index in [2.05, 4.69) is 20.4 Å². The zero-order valence-electron chi connectivity index (χ0n) is 11.6. The van der Waals surface area contributed by atoms with Crippen LogP contribution in [0.15, 0.2) is 49.1 Å². The van der Waals surface area contributed by atoms with Crippen LogP contribution in [0.4, 0.5) is 5.82 Å². The average molecular weight is 283 g/mol. The largest absolute Gasteiger partial charge is 0.394 e. The number of hydrogen-bond donors (Lipinski definition) is 2. The molecular formula is C15H17N5O. The molecular weight excluding hydrogens is 266 g/mol. The summed E-state index contributed by atoms with van der Waals surface area (Å²) < 4.78 is 1.70. The molecule has 0 aliphatic heterocycles. The first-order valence-corrected chi connectivity index (χ1v) is 6.92. The molecule has 3 rings (SSSR count). The number of aliphatic hydroxyl groups excluding tert-OH is 1. The monoisotopic (exact) mass is 283 g/mol. The van der Waals surface area contributed by atoms with Crippen LogP contribution >= 0.6 is 0 Å². The van der Waals surface area contributed by atoms with Crippen molar-refractivity contribution in [3.8, 4) is 0 Å². The highest BCUT2D eigenvalue weighted by Crippen LogP contribution is 2.11. The quantitative estimate of drug-likeness (QED) is 0.717. The number of nitrogens with zero attached hydrogens (tertiary/aromatic N) is 4. The molecule has 0 saturated heterocycles. The topological polar surface area (TPSA) is 75.3 Å². The van der Waals surface area contributed by atoms with E-state index >= 15 is 0 Å². The van der Waals surface area contributed by atoms with E-state index in [1.165, 1.54) is 5.56 Å². The number of anilines is 1. The van der Waals surface area contributed by atoms with Gasteiger partial charge in [0.25, 0.3) is 0 Å². The molecule has 6 heteroatoms. The third-order valence-corrected chi connectivity index (χ3v) is 3.36. The van der Waals surface area contributed by atoms with Crippen molar-refractivity contribution < 1.29 is 5.11 Å². The summed E-state index contributed by atoms with van der Waals surface area (Å²) in [5.74, 6) is 0.747. The minimum absolute atomic E-state index is 0.0314. The van der Waals surface area contributed by atoms with Crippen LogP contribution in [0.25, 0.3) is 5.65 Å². The van der Waals surface area contributed by atoms with Crippen molar-refractivity contribution in [2.24, 2.45) is 0 Å². The standard InChI is InChI=1S/C15H17N5O/c21-11-13(2-1-12-3-7-16-8-4-12)18-14-6-10-20-15(19-14)5-9-17-20/h3-10,13,21H,1-2,11H2,(H,18,19). The van der Waals surface area contributed by atoms with E-state index in [0.29, 0.717) is 0 Å². The Bertz CT molecular complexity index is 697. The molecule has 0 aromatic carbocycles. The van der Waals surface area contributed by atoms with Gasteiger partial charge in [-0.25, -0.2) is 9.50 Å². The lowest BCUT2D eigenvalue weighted by atomic mass is 10.1. The van der Waals surface area contributed by atoms with Gasteiger partial charge >= 0.3 is 0 Å². The second kappa shape index (κ2) is 6.32. The molecule has 6 nitrogen and oxygen atoms in total. The van der Waals surface area contributed by atoms with E-state index < -0.39 is 0 Å². The van der Waals surface area contributed by atoms with Gasteiger partial charge in [0.1, 0.15) is 5.82 Å². The average Bonchev–Trinajstić information content (AvgIpc) is 3.00. The predicted octanol–water partition coefficient (Wildman–Crippen LogP) is 1.53. The molecule has 1 unspecified atom stereocenters. The van der Waals surface area contributed by atoms with Crippen LogP contribution in [-0.4, -0.2) is 37.3 Å². The summed E-state index contributed by atoms with van der Waals surface area (Å²) >= 11 is 0. The van der Waals surface area contributed by atoms with Gasteiger partial charge in [-0.15, -0.1) is 0 Å². The number of aryl methyl sites for hydroxylation is 1. The van der Waals surface area contributed by atoms with Gasteiger partial charge in [0, 0.05) is 24.7 Å². The lowest BCUT2D eigenvalue weighted by Crippen LogP contribution is -2.25. The molecule has 0 bridgehead atoms. The van der Waals surface area contributed by atoms with E-state index in [1.807, 2.05) is 30.5 Å². The fraction of sp³-hybridized carbons (Fsp3) is 0.267. The second-order valence-corrected chi connectivity index (χ2v) is 4.86. The summed E-state index contributed by atoms with van der Waals surface area (Å²) in [5.41, 5.74) is 2.00. The summed E-state index contributed by atoms with van der Waals surface area (Å²) in [4.78, 5) is 8.45. The fourth-order valence-electron chi connectivity index (χ4n) is 2.20. The zero-order valence-corrected chi connectivity index (χ0v) is 11.6. The lowest BCUT2D eigenvalue weighted by molar-refractivity contribution is 0.269. The lowest BCUT2D eigenvalue weighted by Gasteiger charge is -2.16. The highest BCUT2D eigenvalue weighted by atomic mass is 16.3. The number of fused-ring (bicyclic) bond motifs is 1. The molecule has 3 aromatic rings. The molecule has 0 fully saturated rings. The van der Waals surface area contributed by atoms with Crippen LogP contribution in [0.1, 0.15) is 12.0 Å². The number of pyridine rings is 1. The van der Waals surface area contributed by atoms with Gasteiger partial charge in [-0.05, 0) is 36.6 Å². The van der Waals surface area contributed by atoms with Gasteiger partial charge in [-0.2, -0.15) is 5.10 Å². The van der Waals surface area contributed by atoms with E-state index in [9.17, 15) is 5.11 Å². The molecule has 21 heavy (non-hydrogen) atoms. The van der Waals surface area contributed by atoms with E-state index in [4.69, 9.17) is 0 Å². The summed E-state index contributed by atoms with van der Waals surface area (Å²) in [5, 5.41) is 16.9. The van der Waals surface area contributed by atoms with Crippen LogP contribution in [0, 0.1) is 0 Å². The Labute approximate surface area is 122 Å². The van der Waals surface area contributed by atoms with Crippen molar-refractivity contribution in [2.75, 3.05) is 11.9 Å². The Morgan fingerprint density at radius 3 is 2.81 bits per heavy atom. The highest BCUT2D eigenvalue weighted by molar-refractivity contribution is 5.45. The maximum Gasteiger partial charge on any atom is 0.157 e. The van der Waals surface area contributed by atoms with Crippen LogP contribution in [-0.2, 0) is 6.42 Å². The minimum atomic E-state index is -0.0314. The molecule has 3 aromatic heterocycles. The van der Waals surface area contributed by atoms with Crippen molar-refractivity contribution in [1.29, 1.82) is 0 Å². The van der Waals surface area contributed by atoms with Gasteiger partial charge in [-0.3, -0.25) is 4.98 Å². The molecule has 1 atom stereocenters. The Balaban J connectivity index is 1.63. The van der Waals surface area contributed by atoms with Gasteiger partial charge in [0.2, 0.25) is 0 Å². The molecule has 0 spiro atoms. The maximum atomic E-state index is 9.52. The Morgan fingerprint density at radius 1 is 1.14 bits per heavy atom. The first kappa shape index (κ1) is 13.5. The fourth-order valence-corrected chi connectivity index (χ4v) is 2.20. The molecule has 0 saturated carbocycles. The SMILES string of the molecule is OCC(CCc1ccncc1)Nc1ccn2nccc2n1. The van der Waals surface area contributed by atoms with Crippen LogP contribution < -0.4 is 5.32 Å². The van der Waals surface area contributed by atoms with Crippen molar-refractivity contribution in [3.05, 3.63) is 54.6 Å². The highest BCUT2D eigenvalue weighted by Gasteiger charge is 2.09. The van der Waals surface area contributed by atoms with Crippen molar-refractivity contribution in [1.82, 2.24) is 19.6 Å². The first-order chi connectivity index (χ1) is 10.3. The molecule has 0 amide bonds. The zero-order chi connectivity index (χ0) is 14.5. The normalized spacial score (nSPS) is 12.4. The Hall–Kier alpha value is -2.47. The third kappa shape index (κ3) is 3.35. The van der Waals surface area contributed by atoms with E-state index in [1.54, 1.807) is 23.1 Å². The number of nitrogens with one attached hydrogen (secondary N) is 1. The smallest absolute Gasteiger partial charge is 0.157 e. The van der Waals surface area contributed by atoms with E-state index in [-0.39, 0.29) is 12.6 Å². The van der Waals surface area contributed by atoms with Crippen molar-refractivity contribution in [3.63, 3.8) is 0 Å². The molecule has 0 aliphatic rings. The molecule has 3 heterocycles. The van der Waals surface area contributed by atoms with Gasteiger partial charge in [0.05, 0.1) is 18.8 Å². The van der Waals surface area contributed by atoms with Gasteiger partial charge < -0.3 is 10.4 Å². The number of rotatable bonds is 6. The predicted molar refractivity (Wildman–Crippen MR) is 80.0 cm³/mol. The molecule has 0 aliphatic carbocycles. The Kier molecular flexibility index (Phi) is 4.07. The summed E-state index contributed by atoms with van der Waals surface area (Å²) in [6, 6.07) is 7.65. The maximum absolute atomic E-state index is 9.52. The molecule has 0 radical (unpaired) electrons. The Morgan fingerprint density at radius 2 is 2.00 bits per heavy atom.